The van der Waals surface area contributed by atoms with Crippen LogP contribution in [0.1, 0.15) is 9.67 Å². The monoisotopic (exact) mass is 372 g/mol. The number of benzene rings is 2. The highest BCUT2D eigenvalue weighted by Crippen LogP contribution is 2.30. The number of halogens is 2. The van der Waals surface area contributed by atoms with E-state index in [0.29, 0.717) is 20.6 Å². The highest BCUT2D eigenvalue weighted by atomic mass is 35.5. The minimum absolute atomic E-state index is 0.216. The first kappa shape index (κ1) is 15.4. The van der Waals surface area contributed by atoms with E-state index in [1.807, 2.05) is 36.4 Å². The van der Waals surface area contributed by atoms with Crippen LogP contribution in [0, 0.1) is 0 Å². The minimum Gasteiger partial charge on any atom is -0.320 e. The number of nitrogens with one attached hydrogen (secondary N) is 1. The maximum absolute atomic E-state index is 12.5. The SMILES string of the molecule is O=C(Nc1ccc(Cl)cc1Cl)c1cc2cc3ccccc3nc2s1. The molecule has 0 fully saturated rings. The normalized spacial score (nSPS) is 11.1. The third-order valence-corrected chi connectivity index (χ3v) is 5.20. The molecule has 118 valence electrons. The summed E-state index contributed by atoms with van der Waals surface area (Å²) in [6.07, 6.45) is 0. The Morgan fingerprint density at radius 1 is 1.00 bits per heavy atom. The lowest BCUT2D eigenvalue weighted by Crippen LogP contribution is -2.10. The maximum atomic E-state index is 12.5. The molecule has 1 N–H and O–H groups in total. The number of carbonyl (C=O) groups excluding carboxylic acids is 1. The fraction of sp³-hybridized carbons (Fsp3) is 0. The van der Waals surface area contributed by atoms with Gasteiger partial charge in [-0.2, -0.15) is 0 Å². The van der Waals surface area contributed by atoms with E-state index < -0.39 is 0 Å². The number of pyridine rings is 1. The van der Waals surface area contributed by atoms with Crippen LogP contribution >= 0.6 is 34.5 Å². The molecule has 0 bridgehead atoms. The van der Waals surface area contributed by atoms with Crippen molar-refractivity contribution >= 4 is 67.3 Å². The van der Waals surface area contributed by atoms with Gasteiger partial charge in [-0.25, -0.2) is 4.98 Å². The van der Waals surface area contributed by atoms with Gasteiger partial charge in [0.05, 0.1) is 21.1 Å². The van der Waals surface area contributed by atoms with Gasteiger partial charge in [0.2, 0.25) is 0 Å². The van der Waals surface area contributed by atoms with Gasteiger partial charge in [0, 0.05) is 15.8 Å². The van der Waals surface area contributed by atoms with Crippen molar-refractivity contribution < 1.29 is 4.79 Å². The molecule has 0 aliphatic carbocycles. The molecule has 2 aromatic heterocycles. The minimum atomic E-state index is -0.216. The van der Waals surface area contributed by atoms with Crippen LogP contribution in [-0.4, -0.2) is 10.9 Å². The number of nitrogens with zero attached hydrogens (tertiary/aromatic N) is 1. The smallest absolute Gasteiger partial charge is 0.265 e. The molecule has 0 saturated heterocycles. The molecule has 24 heavy (non-hydrogen) atoms. The van der Waals surface area contributed by atoms with Crippen LogP contribution in [0.2, 0.25) is 10.0 Å². The zero-order valence-electron chi connectivity index (χ0n) is 12.2. The van der Waals surface area contributed by atoms with Crippen LogP contribution in [0.3, 0.4) is 0 Å². The molecule has 6 heteroatoms. The lowest BCUT2D eigenvalue weighted by Gasteiger charge is -2.05. The Kier molecular flexibility index (Phi) is 3.88. The van der Waals surface area contributed by atoms with Crippen molar-refractivity contribution in [2.24, 2.45) is 0 Å². The maximum Gasteiger partial charge on any atom is 0.265 e. The molecule has 0 spiro atoms. The molecule has 0 radical (unpaired) electrons. The molecule has 0 saturated carbocycles. The van der Waals surface area contributed by atoms with Crippen LogP contribution in [0.15, 0.2) is 54.6 Å². The van der Waals surface area contributed by atoms with Gasteiger partial charge >= 0.3 is 0 Å². The molecule has 4 rings (SSSR count). The molecule has 3 nitrogen and oxygen atoms in total. The Morgan fingerprint density at radius 2 is 1.83 bits per heavy atom. The number of anilines is 1. The number of carbonyl (C=O) groups is 1. The molecule has 0 aliphatic rings. The van der Waals surface area contributed by atoms with Crippen LogP contribution in [-0.2, 0) is 0 Å². The molecule has 2 aromatic carbocycles. The van der Waals surface area contributed by atoms with Gasteiger partial charge in [0.1, 0.15) is 4.83 Å². The van der Waals surface area contributed by atoms with Crippen molar-refractivity contribution in [1.82, 2.24) is 4.98 Å². The van der Waals surface area contributed by atoms with Crippen LogP contribution in [0.25, 0.3) is 21.1 Å². The van der Waals surface area contributed by atoms with Crippen molar-refractivity contribution in [2.45, 2.75) is 0 Å². The molecular formula is C18H10Cl2N2OS. The van der Waals surface area contributed by atoms with Crippen molar-refractivity contribution in [3.8, 4) is 0 Å². The highest BCUT2D eigenvalue weighted by molar-refractivity contribution is 7.20. The number of rotatable bonds is 2. The number of para-hydroxylation sites is 1. The van der Waals surface area contributed by atoms with E-state index in [2.05, 4.69) is 10.3 Å². The quantitative estimate of drug-likeness (QED) is 0.468. The summed E-state index contributed by atoms with van der Waals surface area (Å²) in [4.78, 5) is 18.5. The summed E-state index contributed by atoms with van der Waals surface area (Å²) in [5.41, 5.74) is 1.45. The Hall–Kier alpha value is -2.14. The summed E-state index contributed by atoms with van der Waals surface area (Å²) in [7, 11) is 0. The van der Waals surface area contributed by atoms with Gasteiger partial charge in [-0.15, -0.1) is 11.3 Å². The van der Waals surface area contributed by atoms with E-state index in [1.165, 1.54) is 11.3 Å². The topological polar surface area (TPSA) is 42.0 Å². The van der Waals surface area contributed by atoms with Crippen LogP contribution in [0.4, 0.5) is 5.69 Å². The number of thiophene rings is 1. The van der Waals surface area contributed by atoms with Crippen molar-refractivity contribution in [2.75, 3.05) is 5.32 Å². The Balaban J connectivity index is 1.70. The summed E-state index contributed by atoms with van der Waals surface area (Å²) in [5, 5.41) is 5.74. The fourth-order valence-electron chi connectivity index (χ4n) is 2.46. The van der Waals surface area contributed by atoms with E-state index >= 15 is 0 Å². The third-order valence-electron chi connectivity index (χ3n) is 3.61. The van der Waals surface area contributed by atoms with Gasteiger partial charge in [-0.3, -0.25) is 4.79 Å². The molecule has 2 heterocycles. The number of hydrogen-bond acceptors (Lipinski definition) is 3. The van der Waals surface area contributed by atoms with Crippen molar-refractivity contribution in [3.63, 3.8) is 0 Å². The van der Waals surface area contributed by atoms with Gasteiger partial charge in [0.25, 0.3) is 5.91 Å². The van der Waals surface area contributed by atoms with Gasteiger partial charge < -0.3 is 5.32 Å². The Morgan fingerprint density at radius 3 is 2.67 bits per heavy atom. The number of aromatic nitrogens is 1. The summed E-state index contributed by atoms with van der Waals surface area (Å²) in [6.45, 7) is 0. The van der Waals surface area contributed by atoms with Gasteiger partial charge in [0.15, 0.2) is 0 Å². The number of fused-ring (bicyclic) bond motifs is 2. The van der Waals surface area contributed by atoms with Crippen LogP contribution in [0.5, 0.6) is 0 Å². The average molecular weight is 373 g/mol. The molecule has 4 aromatic rings. The first-order valence-electron chi connectivity index (χ1n) is 7.16. The standard InChI is InChI=1S/C18H10Cl2N2OS/c19-12-5-6-15(13(20)9-12)21-17(23)16-8-11-7-10-3-1-2-4-14(10)22-18(11)24-16/h1-9H,(H,21,23). The molecule has 0 aliphatic heterocycles. The van der Waals surface area contributed by atoms with E-state index in [0.717, 1.165) is 21.1 Å². The van der Waals surface area contributed by atoms with E-state index in [4.69, 9.17) is 23.2 Å². The number of hydrogen-bond donors (Lipinski definition) is 1. The van der Waals surface area contributed by atoms with E-state index in [1.54, 1.807) is 18.2 Å². The molecule has 0 unspecified atom stereocenters. The molecular weight excluding hydrogens is 363 g/mol. The lowest BCUT2D eigenvalue weighted by atomic mass is 10.2. The van der Waals surface area contributed by atoms with E-state index in [-0.39, 0.29) is 5.91 Å². The van der Waals surface area contributed by atoms with E-state index in [9.17, 15) is 4.79 Å². The third kappa shape index (κ3) is 2.84. The van der Waals surface area contributed by atoms with Crippen LogP contribution < -0.4 is 5.32 Å². The fourth-order valence-corrected chi connectivity index (χ4v) is 3.83. The van der Waals surface area contributed by atoms with Crippen molar-refractivity contribution in [1.29, 1.82) is 0 Å². The second kappa shape index (κ2) is 6.06. The molecule has 0 atom stereocenters. The lowest BCUT2D eigenvalue weighted by molar-refractivity contribution is 0.103. The average Bonchev–Trinajstić information content (AvgIpc) is 2.98. The largest absolute Gasteiger partial charge is 0.320 e. The summed E-state index contributed by atoms with van der Waals surface area (Å²) < 4.78 is 0. The number of amides is 1. The highest BCUT2D eigenvalue weighted by Gasteiger charge is 2.13. The summed E-state index contributed by atoms with van der Waals surface area (Å²) in [5.74, 6) is -0.216. The van der Waals surface area contributed by atoms with Gasteiger partial charge in [-0.1, -0.05) is 41.4 Å². The Labute approximate surface area is 151 Å². The zero-order valence-corrected chi connectivity index (χ0v) is 14.5. The predicted molar refractivity (Wildman–Crippen MR) is 102 cm³/mol. The summed E-state index contributed by atoms with van der Waals surface area (Å²) >= 11 is 13.3. The molecule has 1 amide bonds. The first-order chi connectivity index (χ1) is 11.6. The van der Waals surface area contributed by atoms with Crippen molar-refractivity contribution in [3.05, 3.63) is 69.5 Å². The second-order valence-corrected chi connectivity index (χ2v) is 7.14. The van der Waals surface area contributed by atoms with Gasteiger partial charge in [-0.05, 0) is 36.4 Å². The predicted octanol–water partition coefficient (Wildman–Crippen LogP) is 6.01. The zero-order chi connectivity index (χ0) is 16.7. The first-order valence-corrected chi connectivity index (χ1v) is 8.73. The summed E-state index contributed by atoms with van der Waals surface area (Å²) in [6, 6.07) is 16.7. The second-order valence-electron chi connectivity index (χ2n) is 5.26. The Bertz CT molecular complexity index is 1040.